The number of ketones is 1. The van der Waals surface area contributed by atoms with E-state index in [4.69, 9.17) is 10.5 Å². The van der Waals surface area contributed by atoms with Gasteiger partial charge in [-0.05, 0) is 69.2 Å². The number of nitrogens with one attached hydrogen (secondary N) is 4. The highest BCUT2D eigenvalue weighted by Crippen LogP contribution is 2.34. The fourth-order valence-corrected chi connectivity index (χ4v) is 8.08. The Labute approximate surface area is 347 Å². The molecule has 2 fully saturated rings. The van der Waals surface area contributed by atoms with E-state index in [-0.39, 0.29) is 38.5 Å². The van der Waals surface area contributed by atoms with Gasteiger partial charge in [0.05, 0.1) is 35.7 Å². The van der Waals surface area contributed by atoms with Crippen LogP contribution < -0.4 is 21.7 Å². The number of hydrogen-bond donors (Lipinski definition) is 6. The third kappa shape index (κ3) is 11.1. The Morgan fingerprint density at radius 2 is 1.75 bits per heavy atom. The number of aromatic nitrogens is 5. The number of carbonyl (C=O) groups is 6. The summed E-state index contributed by atoms with van der Waals surface area (Å²) in [6, 6.07) is 10.2. The number of carbonyl (C=O) groups excluding carboxylic acids is 6. The molecule has 1 aliphatic heterocycles. The summed E-state index contributed by atoms with van der Waals surface area (Å²) in [5.41, 5.74) is 6.34. The molecule has 2 aromatic carbocycles. The second kappa shape index (κ2) is 19.7. The summed E-state index contributed by atoms with van der Waals surface area (Å²) >= 11 is 0. The van der Waals surface area contributed by atoms with Crippen LogP contribution in [-0.4, -0.2) is 102 Å². The summed E-state index contributed by atoms with van der Waals surface area (Å²) in [6.07, 6.45) is 8.38. The molecule has 2 aliphatic rings. The zero-order valence-electron chi connectivity index (χ0n) is 34.0. The molecular weight excluding hydrogens is 773 g/mol. The maximum absolute atomic E-state index is 14.9. The monoisotopic (exact) mass is 826 g/mol. The van der Waals surface area contributed by atoms with Crippen molar-refractivity contribution >= 4 is 46.4 Å². The van der Waals surface area contributed by atoms with Crippen molar-refractivity contribution in [2.75, 3.05) is 13.1 Å². The van der Waals surface area contributed by atoms with Gasteiger partial charge < -0.3 is 36.4 Å². The van der Waals surface area contributed by atoms with Crippen LogP contribution in [0.2, 0.25) is 0 Å². The summed E-state index contributed by atoms with van der Waals surface area (Å²) in [5.74, 6) is -3.74. The fraction of sp³-hybridized carbons (Fsp3) is 0.500. The summed E-state index contributed by atoms with van der Waals surface area (Å²) in [7, 11) is 0. The first-order chi connectivity index (χ1) is 28.8. The normalized spacial score (nSPS) is 18.1. The van der Waals surface area contributed by atoms with Gasteiger partial charge in [-0.25, -0.2) is 9.48 Å². The number of aromatic amines is 1. The van der Waals surface area contributed by atoms with E-state index in [0.717, 1.165) is 48.6 Å². The summed E-state index contributed by atoms with van der Waals surface area (Å²) in [6.45, 7) is 3.43. The molecule has 320 valence electrons. The van der Waals surface area contributed by atoms with Crippen molar-refractivity contribution in [1.29, 1.82) is 0 Å². The SMILES string of the molecule is CC(C)(O)c1cnnn1[C@H]1C[C@@H](C(=O)NC(CCCCNC(=O)OCc2ccccc2)C(=O)C(N)=O)N(C(=O)[C@@H](CC2CCCCC2)NC(=O)c2ccc3[nH]ncc3c2)C1. The number of nitrogens with two attached hydrogens (primary N) is 1. The summed E-state index contributed by atoms with van der Waals surface area (Å²) < 4.78 is 6.73. The van der Waals surface area contributed by atoms with E-state index in [0.29, 0.717) is 30.5 Å². The number of fused-ring (bicyclic) bond motifs is 1. The van der Waals surface area contributed by atoms with Crippen LogP contribution >= 0.6 is 0 Å². The highest BCUT2D eigenvalue weighted by molar-refractivity contribution is 6.37. The summed E-state index contributed by atoms with van der Waals surface area (Å²) in [4.78, 5) is 81.9. The number of benzene rings is 2. The van der Waals surface area contributed by atoms with Crippen LogP contribution in [0.5, 0.6) is 0 Å². The van der Waals surface area contributed by atoms with E-state index >= 15 is 0 Å². The maximum Gasteiger partial charge on any atom is 0.407 e. The number of rotatable bonds is 18. The smallest absolute Gasteiger partial charge is 0.407 e. The topological polar surface area (TPSA) is 257 Å². The van der Waals surface area contributed by atoms with Gasteiger partial charge in [-0.2, -0.15) is 5.10 Å². The van der Waals surface area contributed by atoms with Crippen molar-refractivity contribution in [2.45, 2.75) is 114 Å². The van der Waals surface area contributed by atoms with Crippen molar-refractivity contribution in [3.8, 4) is 0 Å². The molecule has 0 radical (unpaired) electrons. The quantitative estimate of drug-likeness (QED) is 0.0628. The molecule has 18 heteroatoms. The molecule has 0 spiro atoms. The van der Waals surface area contributed by atoms with Gasteiger partial charge >= 0.3 is 6.09 Å². The highest BCUT2D eigenvalue weighted by atomic mass is 16.5. The Hall–Kier alpha value is -6.17. The predicted molar refractivity (Wildman–Crippen MR) is 218 cm³/mol. The minimum atomic E-state index is -1.36. The molecule has 4 atom stereocenters. The van der Waals surface area contributed by atoms with E-state index in [2.05, 4.69) is 36.5 Å². The van der Waals surface area contributed by atoms with Gasteiger partial charge in [-0.15, -0.1) is 5.10 Å². The number of unbranched alkanes of at least 4 members (excludes halogenated alkanes) is 1. The third-order valence-corrected chi connectivity index (χ3v) is 11.3. The molecule has 6 rings (SSSR count). The molecule has 18 nitrogen and oxygen atoms in total. The largest absolute Gasteiger partial charge is 0.445 e. The average molecular weight is 827 g/mol. The van der Waals surface area contributed by atoms with E-state index in [1.165, 1.54) is 15.8 Å². The lowest BCUT2D eigenvalue weighted by molar-refractivity contribution is -0.142. The molecule has 5 amide bonds. The van der Waals surface area contributed by atoms with Gasteiger partial charge in [0.2, 0.25) is 17.6 Å². The standard InChI is InChI=1S/C42H54N10O8/c1-42(2,59)35-23-46-50-52(35)30-21-34(39(56)47-32(36(53)37(43)54)15-9-10-18-44-41(58)60-25-27-13-7-4-8-14-27)51(24-30)40(57)33(19-26-11-5-3-6-12-26)48-38(55)28-16-17-31-29(20-28)22-45-49-31/h4,7-8,13-14,16-17,20,22-23,26,30,32-34,59H,3,5-6,9-12,15,18-19,21,24-25H2,1-2H3,(H2,43,54)(H,44,58)(H,45,49)(H,47,56)(H,48,55)/t30-,32?,33+,34-/m0/s1. The van der Waals surface area contributed by atoms with Gasteiger partial charge in [0.1, 0.15) is 24.3 Å². The second-order valence-corrected chi connectivity index (χ2v) is 16.2. The predicted octanol–water partition coefficient (Wildman–Crippen LogP) is 2.93. The Morgan fingerprint density at radius 1 is 0.983 bits per heavy atom. The van der Waals surface area contributed by atoms with Gasteiger partial charge in [0.25, 0.3) is 11.8 Å². The van der Waals surface area contributed by atoms with Crippen LogP contribution in [0, 0.1) is 5.92 Å². The number of nitrogens with zero attached hydrogens (tertiary/aromatic N) is 5. The molecule has 7 N–H and O–H groups in total. The van der Waals surface area contributed by atoms with Crippen LogP contribution in [0.3, 0.4) is 0 Å². The summed E-state index contributed by atoms with van der Waals surface area (Å²) in [5, 5.41) is 35.1. The lowest BCUT2D eigenvalue weighted by Gasteiger charge is -2.32. The first-order valence-electron chi connectivity index (χ1n) is 20.5. The van der Waals surface area contributed by atoms with E-state index in [1.807, 2.05) is 30.3 Å². The van der Waals surface area contributed by atoms with Crippen LogP contribution in [-0.2, 0) is 36.1 Å². The van der Waals surface area contributed by atoms with Crippen LogP contribution in [0.25, 0.3) is 10.9 Å². The van der Waals surface area contributed by atoms with Crippen molar-refractivity contribution in [2.24, 2.45) is 11.7 Å². The van der Waals surface area contributed by atoms with E-state index in [1.54, 1.807) is 38.2 Å². The number of Topliss-reactive ketones (excluding diaryl/α,β-unsaturated/α-hetero) is 1. The molecule has 2 aromatic heterocycles. The maximum atomic E-state index is 14.9. The number of ether oxygens (including phenoxy) is 1. The second-order valence-electron chi connectivity index (χ2n) is 16.2. The fourth-order valence-electron chi connectivity index (χ4n) is 8.08. The van der Waals surface area contributed by atoms with Crippen LogP contribution in [0.15, 0.2) is 60.9 Å². The molecule has 1 saturated heterocycles. The van der Waals surface area contributed by atoms with Crippen molar-refractivity contribution in [3.63, 3.8) is 0 Å². The van der Waals surface area contributed by atoms with Crippen LogP contribution in [0.4, 0.5) is 4.79 Å². The van der Waals surface area contributed by atoms with E-state index < -0.39 is 65.3 Å². The van der Waals surface area contributed by atoms with Gasteiger partial charge in [-0.1, -0.05) is 67.6 Å². The Kier molecular flexibility index (Phi) is 14.3. The van der Waals surface area contributed by atoms with Gasteiger partial charge in [-0.3, -0.25) is 29.1 Å². The Bertz CT molecular complexity index is 2140. The number of aliphatic hydroxyl groups is 1. The van der Waals surface area contributed by atoms with Crippen molar-refractivity contribution in [1.82, 2.24) is 46.0 Å². The first-order valence-corrected chi connectivity index (χ1v) is 20.5. The molecule has 3 heterocycles. The molecule has 4 aromatic rings. The average Bonchev–Trinajstić information content (AvgIpc) is 4.02. The van der Waals surface area contributed by atoms with E-state index in [9.17, 15) is 33.9 Å². The van der Waals surface area contributed by atoms with Crippen LogP contribution in [0.1, 0.15) is 106 Å². The van der Waals surface area contributed by atoms with Crippen molar-refractivity contribution < 1.29 is 38.6 Å². The minimum Gasteiger partial charge on any atom is -0.445 e. The molecule has 1 saturated carbocycles. The zero-order chi connectivity index (χ0) is 42.8. The zero-order valence-corrected chi connectivity index (χ0v) is 34.0. The minimum absolute atomic E-state index is 0.0195. The highest BCUT2D eigenvalue weighted by Gasteiger charge is 2.45. The lowest BCUT2D eigenvalue weighted by atomic mass is 9.84. The molecular formula is C42H54N10O8. The van der Waals surface area contributed by atoms with Gasteiger partial charge in [0, 0.05) is 30.5 Å². The lowest BCUT2D eigenvalue weighted by Crippen LogP contribution is -2.56. The number of likely N-dealkylation sites (tertiary alicyclic amines) is 1. The molecule has 60 heavy (non-hydrogen) atoms. The number of H-pyrrole nitrogens is 1. The molecule has 1 unspecified atom stereocenters. The Morgan fingerprint density at radius 3 is 2.48 bits per heavy atom. The van der Waals surface area contributed by atoms with Crippen molar-refractivity contribution in [3.05, 3.63) is 77.7 Å². The Balaban J connectivity index is 1.19. The number of hydrogen-bond acceptors (Lipinski definition) is 11. The molecule has 0 bridgehead atoms. The first kappa shape index (κ1) is 43.4. The number of primary amides is 1. The molecule has 1 aliphatic carbocycles. The third-order valence-electron chi connectivity index (χ3n) is 11.3. The number of amides is 5. The number of alkyl carbamates (subject to hydrolysis) is 1. The van der Waals surface area contributed by atoms with Gasteiger partial charge in [0.15, 0.2) is 0 Å².